The van der Waals surface area contributed by atoms with Crippen LogP contribution < -0.4 is 11.2 Å². The SMILES string of the molecule is [N-]=[N+]=N[C@]1(CO)O[C@@H](n2ccc(NO)nc2=O)[C@@H](F)C1O. The molecule has 2 rings (SSSR count). The first-order valence-corrected chi connectivity index (χ1v) is 5.65. The second-order valence-electron chi connectivity index (χ2n) is 4.20. The largest absolute Gasteiger partial charge is 0.393 e. The molecule has 2 heterocycles. The standard InChI is InChI=1S/C9H11FN6O5/c10-5-6(18)9(3-17,14-15-11)21-7(5)16-2-1-4(13-20)12-8(16)19/h1-2,5-7,17-18,20H,3H2,(H,12,13,19)/t5-,6?,7+,9+/m0/s1. The number of ether oxygens (including phenoxy) is 1. The summed E-state index contributed by atoms with van der Waals surface area (Å²) < 4.78 is 19.9. The third-order valence-electron chi connectivity index (χ3n) is 3.02. The summed E-state index contributed by atoms with van der Waals surface area (Å²) in [5, 5.41) is 30.6. The average Bonchev–Trinajstić information content (AvgIpc) is 2.73. The van der Waals surface area contributed by atoms with Crippen LogP contribution in [0.2, 0.25) is 0 Å². The monoisotopic (exact) mass is 302 g/mol. The Morgan fingerprint density at radius 2 is 2.43 bits per heavy atom. The van der Waals surface area contributed by atoms with E-state index in [0.29, 0.717) is 4.57 Å². The summed E-state index contributed by atoms with van der Waals surface area (Å²) in [6.07, 6.45) is -4.70. The smallest absolute Gasteiger partial charge is 0.351 e. The number of aliphatic hydroxyl groups excluding tert-OH is 2. The van der Waals surface area contributed by atoms with Gasteiger partial charge >= 0.3 is 5.69 Å². The van der Waals surface area contributed by atoms with E-state index in [-0.39, 0.29) is 5.82 Å². The van der Waals surface area contributed by atoms with Gasteiger partial charge < -0.3 is 14.9 Å². The first kappa shape index (κ1) is 15.2. The lowest BCUT2D eigenvalue weighted by Crippen LogP contribution is -2.43. The molecule has 0 saturated carbocycles. The number of hydrogen-bond acceptors (Lipinski definition) is 8. The van der Waals surface area contributed by atoms with Crippen LogP contribution >= 0.6 is 0 Å². The Kier molecular flexibility index (Phi) is 4.06. The molecule has 21 heavy (non-hydrogen) atoms. The summed E-state index contributed by atoms with van der Waals surface area (Å²) in [4.78, 5) is 17.5. The Hall–Kier alpha value is -2.24. The van der Waals surface area contributed by atoms with Gasteiger partial charge in [0, 0.05) is 11.1 Å². The van der Waals surface area contributed by atoms with Gasteiger partial charge in [-0.25, -0.2) is 9.18 Å². The molecule has 1 aliphatic heterocycles. The molecule has 4 atom stereocenters. The van der Waals surface area contributed by atoms with Gasteiger partial charge in [-0.2, -0.15) is 4.98 Å². The Balaban J connectivity index is 2.42. The molecular weight excluding hydrogens is 291 g/mol. The van der Waals surface area contributed by atoms with E-state index in [1.165, 1.54) is 0 Å². The Morgan fingerprint density at radius 3 is 2.95 bits per heavy atom. The number of nitrogens with zero attached hydrogens (tertiary/aromatic N) is 5. The minimum absolute atomic E-state index is 0.173. The van der Waals surface area contributed by atoms with Crippen molar-refractivity contribution in [1.29, 1.82) is 0 Å². The van der Waals surface area contributed by atoms with Crippen molar-refractivity contribution in [1.82, 2.24) is 9.55 Å². The van der Waals surface area contributed by atoms with Crippen molar-refractivity contribution in [3.63, 3.8) is 0 Å². The van der Waals surface area contributed by atoms with Crippen molar-refractivity contribution < 1.29 is 24.5 Å². The summed E-state index contributed by atoms with van der Waals surface area (Å²) in [6, 6.07) is 1.15. The minimum atomic E-state index is -2.23. The summed E-state index contributed by atoms with van der Waals surface area (Å²) in [5.41, 5.74) is 6.85. The Bertz CT molecular complexity index is 633. The first-order chi connectivity index (χ1) is 9.99. The zero-order valence-corrected chi connectivity index (χ0v) is 10.4. The van der Waals surface area contributed by atoms with Gasteiger partial charge in [0.1, 0.15) is 6.10 Å². The average molecular weight is 302 g/mol. The van der Waals surface area contributed by atoms with Gasteiger partial charge in [-0.05, 0) is 11.6 Å². The molecule has 0 aliphatic carbocycles. The Morgan fingerprint density at radius 1 is 1.71 bits per heavy atom. The summed E-state index contributed by atoms with van der Waals surface area (Å²) in [5.74, 6) is -0.173. The fraction of sp³-hybridized carbons (Fsp3) is 0.556. The van der Waals surface area contributed by atoms with Crippen LogP contribution in [0.5, 0.6) is 0 Å². The lowest BCUT2D eigenvalue weighted by Gasteiger charge is -2.23. The van der Waals surface area contributed by atoms with Crippen LogP contribution in [-0.4, -0.2) is 49.6 Å². The van der Waals surface area contributed by atoms with Gasteiger partial charge in [-0.1, -0.05) is 5.11 Å². The van der Waals surface area contributed by atoms with Gasteiger partial charge in [0.15, 0.2) is 18.2 Å². The third kappa shape index (κ3) is 2.41. The molecule has 11 nitrogen and oxygen atoms in total. The molecule has 0 aromatic carbocycles. The van der Waals surface area contributed by atoms with Crippen LogP contribution in [0.1, 0.15) is 6.23 Å². The molecule has 1 saturated heterocycles. The van der Waals surface area contributed by atoms with E-state index in [2.05, 4.69) is 15.0 Å². The maximum Gasteiger partial charge on any atom is 0.351 e. The third-order valence-corrected chi connectivity index (χ3v) is 3.02. The molecule has 0 amide bonds. The number of anilines is 1. The van der Waals surface area contributed by atoms with Crippen LogP contribution in [0.15, 0.2) is 22.2 Å². The molecule has 1 aliphatic rings. The zero-order chi connectivity index (χ0) is 15.6. The van der Waals surface area contributed by atoms with Crippen molar-refractivity contribution >= 4 is 5.82 Å². The lowest BCUT2D eigenvalue weighted by atomic mass is 10.1. The normalized spacial score (nSPS) is 31.7. The van der Waals surface area contributed by atoms with Crippen LogP contribution in [0.25, 0.3) is 10.4 Å². The quantitative estimate of drug-likeness (QED) is 0.246. The van der Waals surface area contributed by atoms with Crippen LogP contribution in [0.3, 0.4) is 0 Å². The molecule has 1 unspecified atom stereocenters. The molecule has 1 fully saturated rings. The van der Waals surface area contributed by atoms with E-state index in [4.69, 9.17) is 15.5 Å². The summed E-state index contributed by atoms with van der Waals surface area (Å²) >= 11 is 0. The van der Waals surface area contributed by atoms with Crippen LogP contribution in [0.4, 0.5) is 10.2 Å². The minimum Gasteiger partial charge on any atom is -0.393 e. The van der Waals surface area contributed by atoms with Gasteiger partial charge in [0.25, 0.3) is 0 Å². The highest BCUT2D eigenvalue weighted by Gasteiger charge is 2.56. The first-order valence-electron chi connectivity index (χ1n) is 5.65. The zero-order valence-electron chi connectivity index (χ0n) is 10.4. The fourth-order valence-corrected chi connectivity index (χ4v) is 1.95. The van der Waals surface area contributed by atoms with Crippen molar-refractivity contribution in [2.75, 3.05) is 12.1 Å². The second kappa shape index (κ2) is 5.63. The molecule has 0 radical (unpaired) electrons. The van der Waals surface area contributed by atoms with Crippen LogP contribution in [0, 0.1) is 0 Å². The maximum atomic E-state index is 14.1. The highest BCUT2D eigenvalue weighted by atomic mass is 19.1. The van der Waals surface area contributed by atoms with Crippen molar-refractivity contribution in [3.8, 4) is 0 Å². The van der Waals surface area contributed by atoms with Crippen molar-refractivity contribution in [3.05, 3.63) is 33.2 Å². The number of aromatic nitrogens is 2. The number of nitrogens with one attached hydrogen (secondary N) is 1. The van der Waals surface area contributed by atoms with E-state index in [9.17, 15) is 19.4 Å². The predicted molar refractivity (Wildman–Crippen MR) is 63.9 cm³/mol. The number of halogens is 1. The van der Waals surface area contributed by atoms with Gasteiger partial charge in [-0.15, -0.1) is 0 Å². The molecule has 1 aromatic heterocycles. The van der Waals surface area contributed by atoms with E-state index in [1.807, 2.05) is 0 Å². The Labute approximate surface area is 115 Å². The van der Waals surface area contributed by atoms with Gasteiger partial charge in [0.05, 0.1) is 6.61 Å². The summed E-state index contributed by atoms with van der Waals surface area (Å²) in [7, 11) is 0. The fourth-order valence-electron chi connectivity index (χ4n) is 1.95. The molecular formula is C9H11FN6O5. The molecule has 0 spiro atoms. The van der Waals surface area contributed by atoms with E-state index < -0.39 is 36.5 Å². The molecule has 4 N–H and O–H groups in total. The van der Waals surface area contributed by atoms with Crippen molar-refractivity contribution in [2.24, 2.45) is 5.11 Å². The molecule has 1 aromatic rings. The van der Waals surface area contributed by atoms with Gasteiger partial charge in [-0.3, -0.25) is 15.3 Å². The number of aliphatic hydroxyl groups is 2. The van der Waals surface area contributed by atoms with E-state index >= 15 is 0 Å². The topological polar surface area (TPSA) is 166 Å². The number of hydrogen-bond donors (Lipinski definition) is 4. The highest BCUT2D eigenvalue weighted by Crippen LogP contribution is 2.39. The van der Waals surface area contributed by atoms with Gasteiger partial charge in [0.2, 0.25) is 5.72 Å². The number of rotatable bonds is 4. The highest BCUT2D eigenvalue weighted by molar-refractivity contribution is 5.28. The van der Waals surface area contributed by atoms with E-state index in [1.54, 1.807) is 5.48 Å². The predicted octanol–water partition coefficient (Wildman–Crippen LogP) is -0.729. The molecule has 12 heteroatoms. The number of azide groups is 1. The maximum absolute atomic E-state index is 14.1. The van der Waals surface area contributed by atoms with E-state index in [0.717, 1.165) is 12.3 Å². The lowest BCUT2D eigenvalue weighted by molar-refractivity contribution is -0.124. The molecule has 0 bridgehead atoms. The van der Waals surface area contributed by atoms with Crippen LogP contribution in [-0.2, 0) is 4.74 Å². The summed E-state index contributed by atoms with van der Waals surface area (Å²) in [6.45, 7) is -0.979. The second-order valence-corrected chi connectivity index (χ2v) is 4.20. The molecule has 114 valence electrons. The van der Waals surface area contributed by atoms with Crippen molar-refractivity contribution in [2.45, 2.75) is 24.2 Å². The number of alkyl halides is 1.